The lowest BCUT2D eigenvalue weighted by Crippen LogP contribution is -1.83. The smallest absolute Gasteiger partial charge is 0.128 e. The van der Waals surface area contributed by atoms with Crippen molar-refractivity contribution in [2.45, 2.75) is 6.92 Å². The van der Waals surface area contributed by atoms with Gasteiger partial charge >= 0.3 is 0 Å². The van der Waals surface area contributed by atoms with Crippen LogP contribution in [0.1, 0.15) is 12.5 Å². The first-order valence-electron chi connectivity index (χ1n) is 3.72. The molecule has 0 amide bonds. The van der Waals surface area contributed by atoms with Crippen molar-refractivity contribution < 1.29 is 4.79 Å². The number of hydrogen-bond acceptors (Lipinski definition) is 1. The Kier molecular flexibility index (Phi) is 2.62. The van der Waals surface area contributed by atoms with Gasteiger partial charge in [-0.25, -0.2) is 4.79 Å². The van der Waals surface area contributed by atoms with Crippen LogP contribution in [-0.2, 0) is 4.79 Å². The maximum absolute atomic E-state index is 10.3. The molecule has 0 spiro atoms. The van der Waals surface area contributed by atoms with Crippen molar-refractivity contribution in [3.63, 3.8) is 0 Å². The van der Waals surface area contributed by atoms with E-state index in [2.05, 4.69) is 6.58 Å². The van der Waals surface area contributed by atoms with Crippen LogP contribution in [-0.4, -0.2) is 5.94 Å². The highest BCUT2D eigenvalue weighted by molar-refractivity contribution is 5.85. The van der Waals surface area contributed by atoms with Crippen LogP contribution >= 0.6 is 0 Å². The molecule has 1 rings (SSSR count). The lowest BCUT2D eigenvalue weighted by Gasteiger charge is -2.01. The highest BCUT2D eigenvalue weighted by atomic mass is 16.1. The van der Waals surface area contributed by atoms with Gasteiger partial charge in [0, 0.05) is 5.57 Å². The summed E-state index contributed by atoms with van der Waals surface area (Å²) in [6, 6.07) is 9.60. The van der Waals surface area contributed by atoms with Crippen molar-refractivity contribution in [3.05, 3.63) is 48.0 Å². The molecule has 1 nitrogen and oxygen atoms in total. The monoisotopic (exact) mass is 158 g/mol. The number of benzene rings is 1. The Hall–Kier alpha value is -1.59. The first-order chi connectivity index (χ1) is 5.75. The van der Waals surface area contributed by atoms with E-state index in [0.717, 1.165) is 11.1 Å². The lowest BCUT2D eigenvalue weighted by atomic mass is 10.0. The molecule has 0 aliphatic heterocycles. The van der Waals surface area contributed by atoms with E-state index in [1.165, 1.54) is 0 Å². The number of rotatable bonds is 2. The standard InChI is InChI=1S/C11H10O/c1-9(8-12)10(2)11-6-4-3-5-7-11/h3-7H,2H2,1H3. The molecule has 1 aromatic rings. The summed E-state index contributed by atoms with van der Waals surface area (Å²) in [5.74, 6) is 1.83. The molecule has 12 heavy (non-hydrogen) atoms. The maximum Gasteiger partial charge on any atom is 0.128 e. The minimum atomic E-state index is 0.557. The highest BCUT2D eigenvalue weighted by Gasteiger charge is 1.99. The van der Waals surface area contributed by atoms with Crippen LogP contribution in [0.25, 0.3) is 5.57 Å². The Morgan fingerprint density at radius 1 is 1.33 bits per heavy atom. The van der Waals surface area contributed by atoms with Crippen LogP contribution < -0.4 is 0 Å². The van der Waals surface area contributed by atoms with Crippen LogP contribution in [0.2, 0.25) is 0 Å². The summed E-state index contributed by atoms with van der Waals surface area (Å²) < 4.78 is 0. The normalized spacial score (nSPS) is 8.75. The van der Waals surface area contributed by atoms with Gasteiger partial charge in [-0.15, -0.1) is 0 Å². The van der Waals surface area contributed by atoms with Gasteiger partial charge in [-0.2, -0.15) is 0 Å². The van der Waals surface area contributed by atoms with Gasteiger partial charge in [-0.3, -0.25) is 0 Å². The van der Waals surface area contributed by atoms with E-state index in [1.807, 2.05) is 36.3 Å². The molecule has 1 heteroatoms. The van der Waals surface area contributed by atoms with Crippen molar-refractivity contribution in [3.8, 4) is 0 Å². The quantitative estimate of drug-likeness (QED) is 0.477. The fourth-order valence-corrected chi connectivity index (χ4v) is 0.917. The van der Waals surface area contributed by atoms with Crippen molar-refractivity contribution in [1.29, 1.82) is 0 Å². The van der Waals surface area contributed by atoms with Crippen molar-refractivity contribution >= 4 is 11.5 Å². The van der Waals surface area contributed by atoms with E-state index in [0.29, 0.717) is 5.57 Å². The van der Waals surface area contributed by atoms with Crippen LogP contribution in [0.15, 0.2) is 42.5 Å². The number of hydrogen-bond donors (Lipinski definition) is 0. The third-order valence-electron chi connectivity index (χ3n) is 1.73. The summed E-state index contributed by atoms with van der Waals surface area (Å²) in [5, 5.41) is 0. The zero-order chi connectivity index (χ0) is 8.97. The average molecular weight is 158 g/mol. The Labute approximate surface area is 72.0 Å². The van der Waals surface area contributed by atoms with Gasteiger partial charge in [0.05, 0.1) is 0 Å². The lowest BCUT2D eigenvalue weighted by molar-refractivity contribution is 0.568. The molecule has 0 fully saturated rings. The van der Waals surface area contributed by atoms with E-state index >= 15 is 0 Å². The fraction of sp³-hybridized carbons (Fsp3) is 0.0909. The van der Waals surface area contributed by atoms with E-state index in [-0.39, 0.29) is 0 Å². The van der Waals surface area contributed by atoms with Gasteiger partial charge < -0.3 is 0 Å². The summed E-state index contributed by atoms with van der Waals surface area (Å²) in [7, 11) is 0. The highest BCUT2D eigenvalue weighted by Crippen LogP contribution is 2.17. The van der Waals surface area contributed by atoms with Crippen LogP contribution in [0.3, 0.4) is 0 Å². The molecule has 0 radical (unpaired) electrons. The molecule has 0 aliphatic rings. The first kappa shape index (κ1) is 8.51. The third-order valence-corrected chi connectivity index (χ3v) is 1.73. The maximum atomic E-state index is 10.3. The zero-order valence-electron chi connectivity index (χ0n) is 7.00. The van der Waals surface area contributed by atoms with Gasteiger partial charge in [-0.1, -0.05) is 36.9 Å². The summed E-state index contributed by atoms with van der Waals surface area (Å²) >= 11 is 0. The topological polar surface area (TPSA) is 17.1 Å². The summed E-state index contributed by atoms with van der Waals surface area (Å²) in [6.45, 7) is 5.51. The third kappa shape index (κ3) is 1.71. The minimum Gasteiger partial charge on any atom is -0.233 e. The molecule has 0 saturated heterocycles. The summed E-state index contributed by atoms with van der Waals surface area (Å²) in [4.78, 5) is 10.3. The summed E-state index contributed by atoms with van der Waals surface area (Å²) in [6.07, 6.45) is 0. The second-order valence-electron chi connectivity index (χ2n) is 2.57. The van der Waals surface area contributed by atoms with Crippen LogP contribution in [0.4, 0.5) is 0 Å². The first-order valence-corrected chi connectivity index (χ1v) is 3.72. The molecule has 0 aromatic heterocycles. The molecule has 0 saturated carbocycles. The molecule has 0 aliphatic carbocycles. The number of carbonyl (C=O) groups excluding carboxylic acids is 1. The van der Waals surface area contributed by atoms with Crippen LogP contribution in [0.5, 0.6) is 0 Å². The van der Waals surface area contributed by atoms with E-state index in [1.54, 1.807) is 6.92 Å². The molecule has 0 bridgehead atoms. The fourth-order valence-electron chi connectivity index (χ4n) is 0.917. The second-order valence-corrected chi connectivity index (χ2v) is 2.57. The average Bonchev–Trinajstić information content (AvgIpc) is 2.17. The Balaban J connectivity index is 3.02. The molecule has 60 valence electrons. The molecular formula is C11H10O. The van der Waals surface area contributed by atoms with Crippen LogP contribution in [0, 0.1) is 0 Å². The van der Waals surface area contributed by atoms with E-state index in [9.17, 15) is 4.79 Å². The number of allylic oxidation sites excluding steroid dienone is 2. The van der Waals surface area contributed by atoms with Crippen molar-refractivity contribution in [1.82, 2.24) is 0 Å². The SMILES string of the molecule is C=C(C(C)=C=O)c1ccccc1. The predicted molar refractivity (Wildman–Crippen MR) is 50.4 cm³/mol. The zero-order valence-corrected chi connectivity index (χ0v) is 7.00. The Bertz CT molecular complexity index is 329. The van der Waals surface area contributed by atoms with Crippen molar-refractivity contribution in [2.24, 2.45) is 0 Å². The van der Waals surface area contributed by atoms with Gasteiger partial charge in [0.25, 0.3) is 0 Å². The molecular weight excluding hydrogens is 148 g/mol. The molecule has 0 heterocycles. The summed E-state index contributed by atoms with van der Waals surface area (Å²) in [5.41, 5.74) is 2.27. The van der Waals surface area contributed by atoms with Gasteiger partial charge in [0.1, 0.15) is 5.94 Å². The van der Waals surface area contributed by atoms with E-state index in [4.69, 9.17) is 0 Å². The Morgan fingerprint density at radius 3 is 2.42 bits per heavy atom. The largest absolute Gasteiger partial charge is 0.233 e. The predicted octanol–water partition coefficient (Wildman–Crippen LogP) is 2.48. The van der Waals surface area contributed by atoms with Gasteiger partial charge in [0.2, 0.25) is 0 Å². The van der Waals surface area contributed by atoms with Crippen molar-refractivity contribution in [2.75, 3.05) is 0 Å². The van der Waals surface area contributed by atoms with Gasteiger partial charge in [0.15, 0.2) is 0 Å². The van der Waals surface area contributed by atoms with Gasteiger partial charge in [-0.05, 0) is 18.1 Å². The molecule has 0 atom stereocenters. The Morgan fingerprint density at radius 2 is 1.92 bits per heavy atom. The molecule has 0 unspecified atom stereocenters. The second kappa shape index (κ2) is 3.70. The minimum absolute atomic E-state index is 0.557. The molecule has 0 N–H and O–H groups in total. The van der Waals surface area contributed by atoms with E-state index < -0.39 is 0 Å². The molecule has 1 aromatic carbocycles.